The highest BCUT2D eigenvalue weighted by molar-refractivity contribution is 5.57. The van der Waals surface area contributed by atoms with E-state index in [1.165, 1.54) is 38.0 Å². The Morgan fingerprint density at radius 3 is 3.18 bits per heavy atom. The van der Waals surface area contributed by atoms with Crippen LogP contribution in [0.25, 0.3) is 0 Å². The van der Waals surface area contributed by atoms with Crippen molar-refractivity contribution in [3.8, 4) is 0 Å². The first kappa shape index (κ1) is 11.1. The van der Waals surface area contributed by atoms with Gasteiger partial charge in [-0.25, -0.2) is 0 Å². The molecule has 2 heterocycles. The van der Waals surface area contributed by atoms with Crippen molar-refractivity contribution in [1.29, 1.82) is 0 Å². The molecule has 1 unspecified atom stereocenters. The van der Waals surface area contributed by atoms with E-state index in [1.54, 1.807) is 11.1 Å². The van der Waals surface area contributed by atoms with Crippen LogP contribution in [-0.4, -0.2) is 19.6 Å². The van der Waals surface area contributed by atoms with Crippen LogP contribution in [0.15, 0.2) is 18.2 Å². The maximum Gasteiger partial charge on any atom is 0.0414 e. The number of nitrogens with zero attached hydrogens (tertiary/aromatic N) is 1. The van der Waals surface area contributed by atoms with Crippen molar-refractivity contribution in [1.82, 2.24) is 5.32 Å². The van der Waals surface area contributed by atoms with Crippen molar-refractivity contribution in [2.24, 2.45) is 5.92 Å². The van der Waals surface area contributed by atoms with Crippen LogP contribution in [-0.2, 0) is 13.0 Å². The molecule has 1 aromatic carbocycles. The predicted molar refractivity (Wildman–Crippen MR) is 72.5 cm³/mol. The highest BCUT2D eigenvalue weighted by atomic mass is 15.1. The monoisotopic (exact) mass is 230 g/mol. The Hall–Kier alpha value is -1.02. The van der Waals surface area contributed by atoms with Crippen LogP contribution >= 0.6 is 0 Å². The van der Waals surface area contributed by atoms with E-state index >= 15 is 0 Å². The summed E-state index contributed by atoms with van der Waals surface area (Å²) in [6.45, 7) is 7.03. The Morgan fingerprint density at radius 2 is 2.29 bits per heavy atom. The summed E-state index contributed by atoms with van der Waals surface area (Å²) >= 11 is 0. The minimum Gasteiger partial charge on any atom is -0.371 e. The molecule has 0 amide bonds. The van der Waals surface area contributed by atoms with Crippen molar-refractivity contribution in [3.05, 3.63) is 29.3 Å². The maximum absolute atomic E-state index is 3.50. The summed E-state index contributed by atoms with van der Waals surface area (Å²) in [5.41, 5.74) is 4.59. The zero-order valence-corrected chi connectivity index (χ0v) is 10.7. The third kappa shape index (κ3) is 2.19. The Morgan fingerprint density at radius 1 is 1.35 bits per heavy atom. The van der Waals surface area contributed by atoms with Crippen LogP contribution in [0.2, 0.25) is 0 Å². The van der Waals surface area contributed by atoms with Gasteiger partial charge in [0.25, 0.3) is 0 Å². The Balaban J connectivity index is 1.91. The first-order valence-electron chi connectivity index (χ1n) is 6.91. The number of rotatable bonds is 1. The Kier molecular flexibility index (Phi) is 3.06. The molecule has 1 saturated heterocycles. The average Bonchev–Trinajstić information content (AvgIpc) is 2.38. The van der Waals surface area contributed by atoms with Crippen molar-refractivity contribution in [2.75, 3.05) is 24.5 Å². The van der Waals surface area contributed by atoms with E-state index < -0.39 is 0 Å². The SMILES string of the molecule is CC1CCCN(c2cccc3c2CNCC3)C1. The third-order valence-electron chi connectivity index (χ3n) is 4.12. The van der Waals surface area contributed by atoms with E-state index in [0.29, 0.717) is 0 Å². The summed E-state index contributed by atoms with van der Waals surface area (Å²) in [6, 6.07) is 6.84. The van der Waals surface area contributed by atoms with E-state index in [9.17, 15) is 0 Å². The van der Waals surface area contributed by atoms with Gasteiger partial charge in [0.1, 0.15) is 0 Å². The number of hydrogen-bond acceptors (Lipinski definition) is 2. The van der Waals surface area contributed by atoms with E-state index in [1.807, 2.05) is 0 Å². The van der Waals surface area contributed by atoms with Gasteiger partial charge in [-0.05, 0) is 48.9 Å². The van der Waals surface area contributed by atoms with Crippen LogP contribution in [0.4, 0.5) is 5.69 Å². The highest BCUT2D eigenvalue weighted by Gasteiger charge is 2.21. The summed E-state index contributed by atoms with van der Waals surface area (Å²) in [4.78, 5) is 2.60. The lowest BCUT2D eigenvalue weighted by molar-refractivity contribution is 0.445. The van der Waals surface area contributed by atoms with Crippen LogP contribution in [0.3, 0.4) is 0 Å². The molecule has 1 atom stereocenters. The zero-order chi connectivity index (χ0) is 11.7. The second kappa shape index (κ2) is 4.69. The van der Waals surface area contributed by atoms with E-state index in [2.05, 4.69) is 35.3 Å². The second-order valence-electron chi connectivity index (χ2n) is 5.54. The molecule has 17 heavy (non-hydrogen) atoms. The van der Waals surface area contributed by atoms with E-state index in [-0.39, 0.29) is 0 Å². The molecule has 0 saturated carbocycles. The van der Waals surface area contributed by atoms with Gasteiger partial charge < -0.3 is 10.2 Å². The fourth-order valence-electron chi connectivity index (χ4n) is 3.20. The Bertz CT molecular complexity index is 400. The maximum atomic E-state index is 3.50. The molecule has 1 N–H and O–H groups in total. The molecule has 92 valence electrons. The van der Waals surface area contributed by atoms with Crippen LogP contribution in [0, 0.1) is 5.92 Å². The number of benzene rings is 1. The number of fused-ring (bicyclic) bond motifs is 1. The molecule has 0 aromatic heterocycles. The van der Waals surface area contributed by atoms with Gasteiger partial charge in [0, 0.05) is 25.3 Å². The standard InChI is InChI=1S/C15H22N2/c1-12-4-3-9-17(11-12)15-6-2-5-13-7-8-16-10-14(13)15/h2,5-6,12,16H,3-4,7-11H2,1H3. The largest absolute Gasteiger partial charge is 0.371 e. The smallest absolute Gasteiger partial charge is 0.0414 e. The van der Waals surface area contributed by atoms with Crippen LogP contribution in [0.1, 0.15) is 30.9 Å². The van der Waals surface area contributed by atoms with Gasteiger partial charge in [-0.3, -0.25) is 0 Å². The summed E-state index contributed by atoms with van der Waals surface area (Å²) < 4.78 is 0. The first-order chi connectivity index (χ1) is 8.34. The lowest BCUT2D eigenvalue weighted by atomic mass is 9.95. The van der Waals surface area contributed by atoms with E-state index in [4.69, 9.17) is 0 Å². The molecule has 2 aliphatic rings. The molecule has 0 aliphatic carbocycles. The lowest BCUT2D eigenvalue weighted by Crippen LogP contribution is -2.36. The van der Waals surface area contributed by atoms with Gasteiger partial charge >= 0.3 is 0 Å². The molecular formula is C15H22N2. The van der Waals surface area contributed by atoms with E-state index in [0.717, 1.165) is 19.0 Å². The molecule has 2 heteroatoms. The molecule has 0 bridgehead atoms. The third-order valence-corrected chi connectivity index (χ3v) is 4.12. The summed E-state index contributed by atoms with van der Waals surface area (Å²) in [7, 11) is 0. The molecule has 1 aromatic rings. The minimum absolute atomic E-state index is 0.844. The normalized spacial score (nSPS) is 24.5. The van der Waals surface area contributed by atoms with Gasteiger partial charge in [-0.2, -0.15) is 0 Å². The van der Waals surface area contributed by atoms with Gasteiger partial charge in [0.05, 0.1) is 0 Å². The fraction of sp³-hybridized carbons (Fsp3) is 0.600. The second-order valence-corrected chi connectivity index (χ2v) is 5.54. The molecule has 0 radical (unpaired) electrons. The number of piperidine rings is 1. The van der Waals surface area contributed by atoms with Crippen molar-refractivity contribution < 1.29 is 0 Å². The predicted octanol–water partition coefficient (Wildman–Crippen LogP) is 2.57. The number of hydrogen-bond donors (Lipinski definition) is 1. The lowest BCUT2D eigenvalue weighted by Gasteiger charge is -2.35. The first-order valence-corrected chi connectivity index (χ1v) is 6.91. The van der Waals surface area contributed by atoms with Gasteiger partial charge in [-0.1, -0.05) is 19.1 Å². The molecule has 2 nitrogen and oxygen atoms in total. The van der Waals surface area contributed by atoms with Crippen LogP contribution in [0.5, 0.6) is 0 Å². The number of nitrogens with one attached hydrogen (secondary N) is 1. The fourth-order valence-corrected chi connectivity index (χ4v) is 3.20. The zero-order valence-electron chi connectivity index (χ0n) is 10.7. The van der Waals surface area contributed by atoms with Crippen molar-refractivity contribution in [3.63, 3.8) is 0 Å². The number of anilines is 1. The highest BCUT2D eigenvalue weighted by Crippen LogP contribution is 2.29. The molecule has 0 spiro atoms. The molecule has 1 fully saturated rings. The molecule has 3 rings (SSSR count). The van der Waals surface area contributed by atoms with Gasteiger partial charge in [-0.15, -0.1) is 0 Å². The van der Waals surface area contributed by atoms with Gasteiger partial charge in [0.15, 0.2) is 0 Å². The quantitative estimate of drug-likeness (QED) is 0.797. The summed E-state index contributed by atoms with van der Waals surface area (Å²) in [5, 5.41) is 3.50. The van der Waals surface area contributed by atoms with Crippen molar-refractivity contribution >= 4 is 5.69 Å². The Labute approximate surface area is 104 Å². The molecule has 2 aliphatic heterocycles. The minimum atomic E-state index is 0.844. The average molecular weight is 230 g/mol. The molecular weight excluding hydrogens is 208 g/mol. The summed E-state index contributed by atoms with van der Waals surface area (Å²) in [5.74, 6) is 0.844. The van der Waals surface area contributed by atoms with Crippen LogP contribution < -0.4 is 10.2 Å². The van der Waals surface area contributed by atoms with Gasteiger partial charge in [0.2, 0.25) is 0 Å². The van der Waals surface area contributed by atoms with Crippen molar-refractivity contribution in [2.45, 2.75) is 32.7 Å². The topological polar surface area (TPSA) is 15.3 Å². The summed E-state index contributed by atoms with van der Waals surface area (Å²) in [6.07, 6.45) is 3.93.